The second-order valence-corrected chi connectivity index (χ2v) is 8.48. The Kier molecular flexibility index (Phi) is 9.23. The zero-order valence-corrected chi connectivity index (χ0v) is 20.2. The molecular weight excluding hydrogens is 447 g/mol. The van der Waals surface area contributed by atoms with E-state index >= 15 is 0 Å². The number of hydrogen-bond acceptors (Lipinski definition) is 4. The van der Waals surface area contributed by atoms with Crippen molar-refractivity contribution < 1.29 is 23.5 Å². The topological polar surface area (TPSA) is 67.9 Å². The van der Waals surface area contributed by atoms with Gasteiger partial charge < -0.3 is 19.7 Å². The number of methoxy groups -OCH3 is 1. The zero-order valence-electron chi connectivity index (χ0n) is 20.2. The van der Waals surface area contributed by atoms with E-state index in [-0.39, 0.29) is 31.0 Å². The number of rotatable bonds is 11. The summed E-state index contributed by atoms with van der Waals surface area (Å²) < 4.78 is 24.2. The molecule has 3 rings (SSSR count). The molecular formula is C28H31FN2O4. The smallest absolute Gasteiger partial charge is 0.261 e. The van der Waals surface area contributed by atoms with E-state index in [0.717, 1.165) is 11.1 Å². The van der Waals surface area contributed by atoms with E-state index in [2.05, 4.69) is 5.32 Å². The van der Waals surface area contributed by atoms with Gasteiger partial charge in [-0.15, -0.1) is 0 Å². The van der Waals surface area contributed by atoms with Crippen LogP contribution in [0.3, 0.4) is 0 Å². The van der Waals surface area contributed by atoms with Gasteiger partial charge in [-0.25, -0.2) is 4.39 Å². The molecule has 3 aromatic rings. The van der Waals surface area contributed by atoms with Gasteiger partial charge in [-0.2, -0.15) is 0 Å². The Hall–Kier alpha value is -3.87. The molecule has 0 bridgehead atoms. The Morgan fingerprint density at radius 3 is 2.26 bits per heavy atom. The lowest BCUT2D eigenvalue weighted by Gasteiger charge is -2.32. The minimum Gasteiger partial charge on any atom is -0.497 e. The van der Waals surface area contributed by atoms with E-state index in [1.807, 2.05) is 68.4 Å². The van der Waals surface area contributed by atoms with Gasteiger partial charge in [0.1, 0.15) is 23.4 Å². The van der Waals surface area contributed by atoms with Crippen LogP contribution in [-0.2, 0) is 22.6 Å². The highest BCUT2D eigenvalue weighted by Gasteiger charge is 2.31. The number of hydrogen-bond donors (Lipinski definition) is 1. The van der Waals surface area contributed by atoms with E-state index in [9.17, 15) is 14.0 Å². The highest BCUT2D eigenvalue weighted by Crippen LogP contribution is 2.19. The quantitative estimate of drug-likeness (QED) is 0.444. The first-order chi connectivity index (χ1) is 16.9. The molecule has 3 aromatic carbocycles. The summed E-state index contributed by atoms with van der Waals surface area (Å²) >= 11 is 0. The maximum absolute atomic E-state index is 13.5. The number of benzene rings is 3. The molecule has 0 radical (unpaired) electrons. The van der Waals surface area contributed by atoms with Crippen LogP contribution in [0.4, 0.5) is 4.39 Å². The number of amides is 2. The van der Waals surface area contributed by atoms with Crippen molar-refractivity contribution in [3.05, 3.63) is 95.8 Å². The van der Waals surface area contributed by atoms with Crippen LogP contribution >= 0.6 is 0 Å². The Morgan fingerprint density at radius 1 is 0.914 bits per heavy atom. The van der Waals surface area contributed by atoms with Crippen molar-refractivity contribution in [1.29, 1.82) is 0 Å². The molecule has 2 amide bonds. The second kappa shape index (κ2) is 12.6. The lowest BCUT2D eigenvalue weighted by atomic mass is 10.0. The maximum atomic E-state index is 13.5. The van der Waals surface area contributed by atoms with Gasteiger partial charge in [-0.05, 0) is 61.4 Å². The normalized spacial score (nSPS) is 11.6. The van der Waals surface area contributed by atoms with E-state index in [1.54, 1.807) is 7.11 Å². The summed E-state index contributed by atoms with van der Waals surface area (Å²) in [6.07, 6.45) is 0.339. The molecule has 1 atom stereocenters. The van der Waals surface area contributed by atoms with Crippen molar-refractivity contribution in [1.82, 2.24) is 10.2 Å². The first-order valence-electron chi connectivity index (χ1n) is 11.5. The van der Waals surface area contributed by atoms with Crippen LogP contribution in [0.2, 0.25) is 0 Å². The average Bonchev–Trinajstić information content (AvgIpc) is 2.86. The van der Waals surface area contributed by atoms with Gasteiger partial charge in [0, 0.05) is 19.0 Å². The monoisotopic (exact) mass is 478 g/mol. The third-order valence-corrected chi connectivity index (χ3v) is 5.37. The third-order valence-electron chi connectivity index (χ3n) is 5.37. The maximum Gasteiger partial charge on any atom is 0.261 e. The van der Waals surface area contributed by atoms with Gasteiger partial charge in [-0.3, -0.25) is 9.59 Å². The third kappa shape index (κ3) is 7.84. The predicted molar refractivity (Wildman–Crippen MR) is 133 cm³/mol. The number of nitrogens with zero attached hydrogens (tertiary/aromatic N) is 1. The van der Waals surface area contributed by atoms with Gasteiger partial charge in [0.25, 0.3) is 5.91 Å². The number of carbonyl (C=O) groups excluding carboxylic acids is 2. The van der Waals surface area contributed by atoms with Crippen LogP contribution < -0.4 is 14.8 Å². The molecule has 6 nitrogen and oxygen atoms in total. The van der Waals surface area contributed by atoms with Crippen LogP contribution in [0.25, 0.3) is 0 Å². The van der Waals surface area contributed by atoms with Gasteiger partial charge >= 0.3 is 0 Å². The second-order valence-electron chi connectivity index (χ2n) is 8.48. The SMILES string of the molecule is COc1cccc(CN(C(=O)COc2ccc(F)cc2)C(Cc2ccccc2)C(=O)NC(C)C)c1. The van der Waals surface area contributed by atoms with Gasteiger partial charge in [0.2, 0.25) is 5.91 Å². The summed E-state index contributed by atoms with van der Waals surface area (Å²) in [5.41, 5.74) is 1.74. The van der Waals surface area contributed by atoms with Crippen LogP contribution in [0.15, 0.2) is 78.9 Å². The van der Waals surface area contributed by atoms with Crippen LogP contribution in [0.5, 0.6) is 11.5 Å². The fourth-order valence-electron chi connectivity index (χ4n) is 3.66. The van der Waals surface area contributed by atoms with Crippen molar-refractivity contribution >= 4 is 11.8 Å². The Morgan fingerprint density at radius 2 is 1.60 bits per heavy atom. The van der Waals surface area contributed by atoms with Crippen molar-refractivity contribution in [2.24, 2.45) is 0 Å². The van der Waals surface area contributed by atoms with Crippen molar-refractivity contribution in [3.8, 4) is 11.5 Å². The van der Waals surface area contributed by atoms with Gasteiger partial charge in [0.05, 0.1) is 7.11 Å². The Labute approximate surface area is 205 Å². The summed E-state index contributed by atoms with van der Waals surface area (Å²) in [5.74, 6) is 0.0199. The molecule has 0 aromatic heterocycles. The molecule has 1 N–H and O–H groups in total. The number of halogens is 1. The summed E-state index contributed by atoms with van der Waals surface area (Å²) in [6.45, 7) is 3.65. The molecule has 0 heterocycles. The molecule has 184 valence electrons. The van der Waals surface area contributed by atoms with Crippen molar-refractivity contribution in [2.45, 2.75) is 38.9 Å². The average molecular weight is 479 g/mol. The molecule has 0 spiro atoms. The fourth-order valence-corrected chi connectivity index (χ4v) is 3.66. The molecule has 0 aliphatic rings. The van der Waals surface area contributed by atoms with Gasteiger partial charge in [0.15, 0.2) is 6.61 Å². The molecule has 0 saturated heterocycles. The lowest BCUT2D eigenvalue weighted by molar-refractivity contribution is -0.143. The molecule has 0 saturated carbocycles. The van der Waals surface area contributed by atoms with Crippen molar-refractivity contribution in [2.75, 3.05) is 13.7 Å². The van der Waals surface area contributed by atoms with E-state index in [0.29, 0.717) is 17.9 Å². The first kappa shape index (κ1) is 25.7. The van der Waals surface area contributed by atoms with Crippen LogP contribution in [0.1, 0.15) is 25.0 Å². The molecule has 0 fully saturated rings. The van der Waals surface area contributed by atoms with E-state index in [1.165, 1.54) is 29.2 Å². The first-order valence-corrected chi connectivity index (χ1v) is 11.5. The van der Waals surface area contributed by atoms with Crippen molar-refractivity contribution in [3.63, 3.8) is 0 Å². The van der Waals surface area contributed by atoms with E-state index in [4.69, 9.17) is 9.47 Å². The highest BCUT2D eigenvalue weighted by molar-refractivity contribution is 5.88. The highest BCUT2D eigenvalue weighted by atomic mass is 19.1. The zero-order chi connectivity index (χ0) is 25.2. The summed E-state index contributed by atoms with van der Waals surface area (Å²) in [5, 5.41) is 2.95. The molecule has 0 aliphatic carbocycles. The standard InChI is InChI=1S/C28H31FN2O4/c1-20(2)30-28(33)26(17-21-8-5-4-6-9-21)31(18-22-10-7-11-25(16-22)34-3)27(32)19-35-24-14-12-23(29)13-15-24/h4-16,20,26H,17-19H2,1-3H3,(H,30,33). The van der Waals surface area contributed by atoms with E-state index < -0.39 is 11.9 Å². The minimum absolute atomic E-state index is 0.0926. The molecule has 0 aliphatic heterocycles. The number of carbonyl (C=O) groups is 2. The van der Waals surface area contributed by atoms with Crippen LogP contribution in [-0.4, -0.2) is 42.5 Å². The van der Waals surface area contributed by atoms with Gasteiger partial charge in [-0.1, -0.05) is 42.5 Å². The fraction of sp³-hybridized carbons (Fsp3) is 0.286. The largest absolute Gasteiger partial charge is 0.497 e. The predicted octanol–water partition coefficient (Wildman–Crippen LogP) is 4.38. The number of nitrogens with one attached hydrogen (secondary N) is 1. The molecule has 7 heteroatoms. The minimum atomic E-state index is -0.768. The Bertz CT molecular complexity index is 1100. The molecule has 1 unspecified atom stereocenters. The summed E-state index contributed by atoms with van der Waals surface area (Å²) in [6, 6.07) is 21.5. The summed E-state index contributed by atoms with van der Waals surface area (Å²) in [7, 11) is 1.58. The lowest BCUT2D eigenvalue weighted by Crippen LogP contribution is -2.52. The number of ether oxygens (including phenoxy) is 2. The van der Waals surface area contributed by atoms with Crippen LogP contribution in [0, 0.1) is 5.82 Å². The summed E-state index contributed by atoms with van der Waals surface area (Å²) in [4.78, 5) is 28.3. The molecule has 35 heavy (non-hydrogen) atoms. The Balaban J connectivity index is 1.91.